The van der Waals surface area contributed by atoms with E-state index in [0.29, 0.717) is 29.0 Å². The molecule has 0 unspecified atom stereocenters. The summed E-state index contributed by atoms with van der Waals surface area (Å²) < 4.78 is 0. The zero-order chi connectivity index (χ0) is 18.8. The first-order valence-corrected chi connectivity index (χ1v) is 8.78. The van der Waals surface area contributed by atoms with E-state index in [-0.39, 0.29) is 18.0 Å². The predicted octanol–water partition coefficient (Wildman–Crippen LogP) is 3.13. The highest BCUT2D eigenvalue weighted by atomic mass is 16.2. The number of carbonyl (C=O) groups excluding carboxylic acids is 1. The van der Waals surface area contributed by atoms with E-state index < -0.39 is 0 Å². The van der Waals surface area contributed by atoms with Crippen molar-refractivity contribution in [2.75, 3.05) is 6.54 Å². The lowest BCUT2D eigenvalue weighted by Crippen LogP contribution is -2.32. The number of fused-ring (bicyclic) bond motifs is 2. The number of aromatic nitrogens is 3. The Labute approximate surface area is 155 Å². The summed E-state index contributed by atoms with van der Waals surface area (Å²) in [7, 11) is 0. The second-order valence-corrected chi connectivity index (χ2v) is 6.23. The van der Waals surface area contributed by atoms with Gasteiger partial charge in [0.05, 0.1) is 17.4 Å². The number of nitrogens with one attached hydrogen (secondary N) is 1. The molecule has 1 amide bonds. The Kier molecular flexibility index (Phi) is 4.38. The minimum absolute atomic E-state index is 0.190. The first-order valence-electron chi connectivity index (χ1n) is 8.78. The van der Waals surface area contributed by atoms with Gasteiger partial charge >= 0.3 is 0 Å². The number of H-pyrrole nitrogens is 1. The standard InChI is InChI=1S/C21H18N4O2/c1-2-25(13-18-23-17-10-6-5-9-16(17)20(26)24-18)21(27)19-15-8-4-3-7-14(15)11-12-22-19/h3-12H,2,13H2,1H3,(H,23,24,26). The SMILES string of the molecule is CCN(Cc1nc2ccccc2c(=O)[nH]1)C(=O)c1nccc2ccccc12. The molecule has 0 aliphatic heterocycles. The summed E-state index contributed by atoms with van der Waals surface area (Å²) in [5.74, 6) is 0.263. The number of carbonyl (C=O) groups is 1. The van der Waals surface area contributed by atoms with Gasteiger partial charge in [-0.2, -0.15) is 0 Å². The van der Waals surface area contributed by atoms with E-state index >= 15 is 0 Å². The normalized spacial score (nSPS) is 11.0. The highest BCUT2D eigenvalue weighted by Crippen LogP contribution is 2.18. The van der Waals surface area contributed by atoms with Crippen LogP contribution in [0.25, 0.3) is 21.7 Å². The molecule has 6 nitrogen and oxygen atoms in total. The van der Waals surface area contributed by atoms with E-state index in [1.807, 2.05) is 43.3 Å². The third-order valence-electron chi connectivity index (χ3n) is 4.55. The second-order valence-electron chi connectivity index (χ2n) is 6.23. The average molecular weight is 358 g/mol. The first kappa shape index (κ1) is 16.9. The van der Waals surface area contributed by atoms with Crippen LogP contribution >= 0.6 is 0 Å². The Morgan fingerprint density at radius 2 is 1.78 bits per heavy atom. The number of para-hydroxylation sites is 1. The molecule has 4 aromatic rings. The number of aromatic amines is 1. The molecule has 134 valence electrons. The second kappa shape index (κ2) is 6.99. The Hall–Kier alpha value is -3.54. The van der Waals surface area contributed by atoms with Gasteiger partial charge in [0.1, 0.15) is 11.5 Å². The van der Waals surface area contributed by atoms with Crippen molar-refractivity contribution in [2.45, 2.75) is 13.5 Å². The fraction of sp³-hybridized carbons (Fsp3) is 0.143. The quantitative estimate of drug-likeness (QED) is 0.608. The van der Waals surface area contributed by atoms with Crippen LogP contribution in [-0.2, 0) is 6.54 Å². The molecule has 0 spiro atoms. The van der Waals surface area contributed by atoms with Gasteiger partial charge in [-0.1, -0.05) is 36.4 Å². The molecule has 6 heteroatoms. The van der Waals surface area contributed by atoms with Crippen molar-refractivity contribution in [1.29, 1.82) is 0 Å². The summed E-state index contributed by atoms with van der Waals surface area (Å²) in [5, 5.41) is 2.30. The number of amides is 1. The molecular formula is C21H18N4O2. The van der Waals surface area contributed by atoms with Crippen molar-refractivity contribution in [1.82, 2.24) is 19.9 Å². The molecule has 0 bridgehead atoms. The third-order valence-corrected chi connectivity index (χ3v) is 4.55. The van der Waals surface area contributed by atoms with Gasteiger partial charge in [0.15, 0.2) is 0 Å². The van der Waals surface area contributed by atoms with Crippen LogP contribution in [0.3, 0.4) is 0 Å². The van der Waals surface area contributed by atoms with Gasteiger partial charge in [-0.15, -0.1) is 0 Å². The molecule has 27 heavy (non-hydrogen) atoms. The molecule has 0 atom stereocenters. The number of benzene rings is 2. The van der Waals surface area contributed by atoms with E-state index in [1.165, 1.54) is 0 Å². The molecule has 2 aromatic heterocycles. The lowest BCUT2D eigenvalue weighted by molar-refractivity contribution is 0.0744. The number of nitrogens with zero attached hydrogens (tertiary/aromatic N) is 3. The van der Waals surface area contributed by atoms with Crippen LogP contribution in [-0.4, -0.2) is 32.3 Å². The summed E-state index contributed by atoms with van der Waals surface area (Å²) in [6.07, 6.45) is 1.64. The van der Waals surface area contributed by atoms with E-state index in [9.17, 15) is 9.59 Å². The van der Waals surface area contributed by atoms with Crippen molar-refractivity contribution in [3.8, 4) is 0 Å². The fourth-order valence-electron chi connectivity index (χ4n) is 3.16. The van der Waals surface area contributed by atoms with Crippen LogP contribution in [0.15, 0.2) is 65.6 Å². The van der Waals surface area contributed by atoms with Gasteiger partial charge in [0.25, 0.3) is 11.5 Å². The highest BCUT2D eigenvalue weighted by Gasteiger charge is 2.19. The van der Waals surface area contributed by atoms with Crippen molar-refractivity contribution >= 4 is 27.6 Å². The zero-order valence-electron chi connectivity index (χ0n) is 14.8. The summed E-state index contributed by atoms with van der Waals surface area (Å²) in [6, 6.07) is 16.7. The van der Waals surface area contributed by atoms with Crippen molar-refractivity contribution in [3.63, 3.8) is 0 Å². The molecule has 0 saturated carbocycles. The summed E-state index contributed by atoms with van der Waals surface area (Å²) in [4.78, 5) is 38.6. The minimum Gasteiger partial charge on any atom is -0.330 e. The number of hydrogen-bond donors (Lipinski definition) is 1. The number of rotatable bonds is 4. The maximum absolute atomic E-state index is 13.1. The van der Waals surface area contributed by atoms with E-state index in [1.54, 1.807) is 29.3 Å². The predicted molar refractivity (Wildman–Crippen MR) is 105 cm³/mol. The van der Waals surface area contributed by atoms with Gasteiger partial charge in [0, 0.05) is 18.1 Å². The smallest absolute Gasteiger partial charge is 0.273 e. The van der Waals surface area contributed by atoms with Gasteiger partial charge in [0.2, 0.25) is 0 Å². The highest BCUT2D eigenvalue weighted by molar-refractivity contribution is 6.05. The van der Waals surface area contributed by atoms with E-state index in [4.69, 9.17) is 0 Å². The Bertz CT molecular complexity index is 1190. The lowest BCUT2D eigenvalue weighted by atomic mass is 10.1. The summed E-state index contributed by atoms with van der Waals surface area (Å²) in [6.45, 7) is 2.57. The van der Waals surface area contributed by atoms with Crippen molar-refractivity contribution < 1.29 is 4.79 Å². The van der Waals surface area contributed by atoms with E-state index in [2.05, 4.69) is 15.0 Å². The van der Waals surface area contributed by atoms with Crippen LogP contribution in [0.5, 0.6) is 0 Å². The Balaban J connectivity index is 1.70. The molecule has 1 N–H and O–H groups in total. The van der Waals surface area contributed by atoms with Crippen LogP contribution < -0.4 is 5.56 Å². The first-order chi connectivity index (χ1) is 13.2. The van der Waals surface area contributed by atoms with Crippen molar-refractivity contribution in [2.24, 2.45) is 0 Å². The van der Waals surface area contributed by atoms with Crippen molar-refractivity contribution in [3.05, 3.63) is 82.7 Å². The average Bonchev–Trinajstić information content (AvgIpc) is 2.71. The van der Waals surface area contributed by atoms with Crippen LogP contribution in [0.2, 0.25) is 0 Å². The summed E-state index contributed by atoms with van der Waals surface area (Å²) in [5.41, 5.74) is 0.809. The van der Waals surface area contributed by atoms with Crippen LogP contribution in [0.4, 0.5) is 0 Å². The minimum atomic E-state index is -0.206. The number of hydrogen-bond acceptors (Lipinski definition) is 4. The molecule has 2 aromatic carbocycles. The van der Waals surface area contributed by atoms with Gasteiger partial charge in [-0.25, -0.2) is 4.98 Å². The van der Waals surface area contributed by atoms with E-state index in [0.717, 1.165) is 10.8 Å². The molecule has 0 aliphatic rings. The molecule has 4 rings (SSSR count). The molecule has 0 fully saturated rings. The maximum Gasteiger partial charge on any atom is 0.273 e. The van der Waals surface area contributed by atoms with Gasteiger partial charge in [-0.05, 0) is 30.5 Å². The lowest BCUT2D eigenvalue weighted by Gasteiger charge is -2.20. The Morgan fingerprint density at radius 1 is 1.04 bits per heavy atom. The number of pyridine rings is 1. The van der Waals surface area contributed by atoms with Crippen LogP contribution in [0, 0.1) is 0 Å². The van der Waals surface area contributed by atoms with Crippen LogP contribution in [0.1, 0.15) is 23.2 Å². The monoisotopic (exact) mass is 358 g/mol. The molecule has 0 saturated heterocycles. The summed E-state index contributed by atoms with van der Waals surface area (Å²) >= 11 is 0. The molecule has 0 aliphatic carbocycles. The topological polar surface area (TPSA) is 79.0 Å². The Morgan fingerprint density at radius 3 is 2.59 bits per heavy atom. The fourth-order valence-corrected chi connectivity index (χ4v) is 3.16. The largest absolute Gasteiger partial charge is 0.330 e. The third kappa shape index (κ3) is 3.17. The van der Waals surface area contributed by atoms with Gasteiger partial charge < -0.3 is 9.88 Å². The molecule has 2 heterocycles. The molecule has 0 radical (unpaired) electrons. The molecular weight excluding hydrogens is 340 g/mol. The maximum atomic E-state index is 13.1. The zero-order valence-corrected chi connectivity index (χ0v) is 14.8. The van der Waals surface area contributed by atoms with Gasteiger partial charge in [-0.3, -0.25) is 14.6 Å².